The molecule has 0 heterocycles. The molecule has 0 spiro atoms. The van der Waals surface area contributed by atoms with Crippen molar-refractivity contribution in [3.63, 3.8) is 0 Å². The average molecular weight is 385 g/mol. The van der Waals surface area contributed by atoms with Gasteiger partial charge in [-0.15, -0.1) is 0 Å². The first kappa shape index (κ1) is 25.9. The Balaban J connectivity index is 4.41. The van der Waals surface area contributed by atoms with Crippen LogP contribution in [0.3, 0.4) is 0 Å². The zero-order chi connectivity index (χ0) is 20.4. The number of carbonyl (C=O) groups is 2. The molecule has 0 aliphatic heterocycles. The van der Waals surface area contributed by atoms with Gasteiger partial charge in [0.2, 0.25) is 0 Å². The molecule has 1 N–H and O–H groups in total. The van der Waals surface area contributed by atoms with E-state index in [1.165, 1.54) is 12.8 Å². The molecule has 0 radical (unpaired) electrons. The van der Waals surface area contributed by atoms with Gasteiger partial charge in [-0.25, -0.2) is 0 Å². The van der Waals surface area contributed by atoms with Crippen molar-refractivity contribution in [2.75, 3.05) is 0 Å². The fourth-order valence-corrected chi connectivity index (χ4v) is 3.59. The van der Waals surface area contributed by atoms with Gasteiger partial charge in [0.05, 0.1) is 0 Å². The number of aliphatic carboxylic acids is 1. The van der Waals surface area contributed by atoms with Gasteiger partial charge in [0, 0.05) is 12.8 Å². The molecule has 0 aromatic heterocycles. The molecule has 27 heavy (non-hydrogen) atoms. The molecule has 0 rings (SSSR count). The van der Waals surface area contributed by atoms with Crippen LogP contribution in [0, 0.1) is 0 Å². The van der Waals surface area contributed by atoms with E-state index in [1.54, 1.807) is 0 Å². The van der Waals surface area contributed by atoms with Gasteiger partial charge in [0.1, 0.15) is 5.60 Å². The van der Waals surface area contributed by atoms with Crippen molar-refractivity contribution in [1.82, 2.24) is 0 Å². The van der Waals surface area contributed by atoms with E-state index in [0.29, 0.717) is 6.42 Å². The second-order valence-electron chi connectivity index (χ2n) is 7.98. The number of unbranched alkanes of at least 4 members (excludes halogenated alkanes) is 8. The molecular formula is C23H44O4. The maximum atomic E-state index is 12.5. The van der Waals surface area contributed by atoms with Crippen molar-refractivity contribution < 1.29 is 19.4 Å². The summed E-state index contributed by atoms with van der Waals surface area (Å²) in [5.74, 6) is -0.763. The molecule has 0 bridgehead atoms. The minimum Gasteiger partial charge on any atom is -0.481 e. The zero-order valence-electron chi connectivity index (χ0n) is 18.2. The van der Waals surface area contributed by atoms with Crippen molar-refractivity contribution in [3.05, 3.63) is 0 Å². The maximum Gasteiger partial charge on any atom is 0.306 e. The van der Waals surface area contributed by atoms with Gasteiger partial charge >= 0.3 is 11.9 Å². The molecule has 0 aromatic rings. The number of hydrogen-bond acceptors (Lipinski definition) is 3. The topological polar surface area (TPSA) is 63.6 Å². The molecule has 0 aliphatic rings. The first-order chi connectivity index (χ1) is 13.0. The maximum absolute atomic E-state index is 12.5. The van der Waals surface area contributed by atoms with E-state index in [9.17, 15) is 9.59 Å². The third kappa shape index (κ3) is 14.6. The van der Waals surface area contributed by atoms with E-state index in [2.05, 4.69) is 20.8 Å². The summed E-state index contributed by atoms with van der Waals surface area (Å²) in [6, 6.07) is 0. The summed E-state index contributed by atoms with van der Waals surface area (Å²) in [5, 5.41) is 8.64. The molecule has 0 fully saturated rings. The van der Waals surface area contributed by atoms with Gasteiger partial charge in [0.15, 0.2) is 0 Å². The lowest BCUT2D eigenvalue weighted by molar-refractivity contribution is -0.163. The zero-order valence-corrected chi connectivity index (χ0v) is 18.2. The smallest absolute Gasteiger partial charge is 0.306 e. The van der Waals surface area contributed by atoms with Crippen LogP contribution in [0.4, 0.5) is 0 Å². The average Bonchev–Trinajstić information content (AvgIpc) is 2.63. The lowest BCUT2D eigenvalue weighted by atomic mass is 9.85. The van der Waals surface area contributed by atoms with Crippen LogP contribution < -0.4 is 0 Å². The Kier molecular flexibility index (Phi) is 16.4. The third-order valence-electron chi connectivity index (χ3n) is 5.31. The molecule has 0 saturated heterocycles. The second-order valence-corrected chi connectivity index (χ2v) is 7.98. The Morgan fingerprint density at radius 2 is 1.15 bits per heavy atom. The first-order valence-corrected chi connectivity index (χ1v) is 11.4. The Morgan fingerprint density at radius 1 is 0.667 bits per heavy atom. The van der Waals surface area contributed by atoms with Crippen LogP contribution in [0.5, 0.6) is 0 Å². The second kappa shape index (κ2) is 17.1. The number of carboxylic acid groups (broad SMARTS) is 1. The van der Waals surface area contributed by atoms with Gasteiger partial charge in [-0.3, -0.25) is 9.59 Å². The lowest BCUT2D eigenvalue weighted by Gasteiger charge is -2.34. The highest BCUT2D eigenvalue weighted by Gasteiger charge is 2.32. The molecule has 4 heteroatoms. The molecule has 0 saturated carbocycles. The predicted octanol–water partition coefficient (Wildman–Crippen LogP) is 7.04. The highest BCUT2D eigenvalue weighted by molar-refractivity contribution is 5.69. The number of rotatable bonds is 19. The highest BCUT2D eigenvalue weighted by Crippen LogP contribution is 2.32. The largest absolute Gasteiger partial charge is 0.481 e. The highest BCUT2D eigenvalue weighted by atomic mass is 16.6. The summed E-state index contributed by atoms with van der Waals surface area (Å²) >= 11 is 0. The van der Waals surface area contributed by atoms with Crippen molar-refractivity contribution in [3.8, 4) is 0 Å². The fourth-order valence-electron chi connectivity index (χ4n) is 3.59. The van der Waals surface area contributed by atoms with Crippen LogP contribution in [0.1, 0.15) is 130 Å². The minimum atomic E-state index is -0.725. The SMILES string of the molecule is CCCCCC(CCCC)(CCCC)OC(=O)CCCCCCCC(=O)O. The van der Waals surface area contributed by atoms with E-state index in [-0.39, 0.29) is 18.0 Å². The Labute approximate surface area is 167 Å². The van der Waals surface area contributed by atoms with Crippen LogP contribution in [-0.2, 0) is 14.3 Å². The van der Waals surface area contributed by atoms with E-state index < -0.39 is 5.97 Å². The summed E-state index contributed by atoms with van der Waals surface area (Å²) in [6.45, 7) is 6.61. The summed E-state index contributed by atoms with van der Waals surface area (Å²) < 4.78 is 6.13. The summed E-state index contributed by atoms with van der Waals surface area (Å²) in [5.41, 5.74) is -0.250. The molecule has 0 amide bonds. The number of hydrogen-bond donors (Lipinski definition) is 1. The first-order valence-electron chi connectivity index (χ1n) is 11.4. The van der Waals surface area contributed by atoms with E-state index in [4.69, 9.17) is 9.84 Å². The van der Waals surface area contributed by atoms with Crippen LogP contribution in [0.25, 0.3) is 0 Å². The quantitative estimate of drug-likeness (QED) is 0.191. The van der Waals surface area contributed by atoms with Gasteiger partial charge in [0.25, 0.3) is 0 Å². The molecular weight excluding hydrogens is 340 g/mol. The fraction of sp³-hybridized carbons (Fsp3) is 0.913. The van der Waals surface area contributed by atoms with Crippen molar-refractivity contribution in [2.24, 2.45) is 0 Å². The van der Waals surface area contributed by atoms with E-state index >= 15 is 0 Å². The van der Waals surface area contributed by atoms with E-state index in [0.717, 1.165) is 83.5 Å². The van der Waals surface area contributed by atoms with Gasteiger partial charge in [-0.1, -0.05) is 65.7 Å². The van der Waals surface area contributed by atoms with Crippen LogP contribution in [-0.4, -0.2) is 22.6 Å². The van der Waals surface area contributed by atoms with Crippen LogP contribution in [0.2, 0.25) is 0 Å². The Bertz CT molecular complexity index is 371. The molecule has 0 unspecified atom stereocenters. The molecule has 0 atom stereocenters. The summed E-state index contributed by atoms with van der Waals surface area (Å²) in [6.07, 6.45) is 16.2. The van der Waals surface area contributed by atoms with Gasteiger partial charge < -0.3 is 9.84 Å². The number of esters is 1. The Hall–Kier alpha value is -1.06. The molecule has 0 aliphatic carbocycles. The van der Waals surface area contributed by atoms with E-state index in [1.807, 2.05) is 0 Å². The molecule has 4 nitrogen and oxygen atoms in total. The molecule has 0 aromatic carbocycles. The standard InChI is InChI=1S/C23H44O4/c1-4-7-15-20-23(18-8-5-2,19-9-6-3)27-22(26)17-14-12-10-11-13-16-21(24)25/h4-20H2,1-3H3,(H,24,25). The lowest BCUT2D eigenvalue weighted by Crippen LogP contribution is -2.35. The normalized spacial score (nSPS) is 11.5. The van der Waals surface area contributed by atoms with Crippen molar-refractivity contribution in [1.29, 1.82) is 0 Å². The van der Waals surface area contributed by atoms with Crippen LogP contribution >= 0.6 is 0 Å². The summed E-state index contributed by atoms with van der Waals surface area (Å²) in [4.78, 5) is 23.0. The van der Waals surface area contributed by atoms with Gasteiger partial charge in [-0.2, -0.15) is 0 Å². The van der Waals surface area contributed by atoms with Gasteiger partial charge in [-0.05, 0) is 51.4 Å². The monoisotopic (exact) mass is 384 g/mol. The van der Waals surface area contributed by atoms with Crippen molar-refractivity contribution >= 4 is 11.9 Å². The number of carbonyl (C=O) groups excluding carboxylic acids is 1. The summed E-state index contributed by atoms with van der Waals surface area (Å²) in [7, 11) is 0. The number of ether oxygens (including phenoxy) is 1. The predicted molar refractivity (Wildman–Crippen MR) is 112 cm³/mol. The minimum absolute atomic E-state index is 0.0377. The molecule has 160 valence electrons. The Morgan fingerprint density at radius 3 is 1.67 bits per heavy atom. The number of carboxylic acids is 1. The van der Waals surface area contributed by atoms with Crippen LogP contribution in [0.15, 0.2) is 0 Å². The van der Waals surface area contributed by atoms with Crippen molar-refractivity contribution in [2.45, 2.75) is 136 Å². The third-order valence-corrected chi connectivity index (χ3v) is 5.31.